The molecular formula is C35H36ClN5O6. The number of aromatic nitrogens is 3. The van der Waals surface area contributed by atoms with Crippen molar-refractivity contribution in [1.29, 1.82) is 0 Å². The molecule has 2 aromatic carbocycles. The number of fused-ring (bicyclic) bond motifs is 1. The van der Waals surface area contributed by atoms with Gasteiger partial charge in [0.15, 0.2) is 0 Å². The van der Waals surface area contributed by atoms with Gasteiger partial charge in [0.25, 0.3) is 11.5 Å². The van der Waals surface area contributed by atoms with Gasteiger partial charge in [-0.2, -0.15) is 0 Å². The molecule has 1 saturated heterocycles. The second kappa shape index (κ2) is 12.8. The monoisotopic (exact) mass is 657 g/mol. The Hall–Kier alpha value is -4.74. The van der Waals surface area contributed by atoms with Crippen LogP contribution >= 0.6 is 11.6 Å². The van der Waals surface area contributed by atoms with Gasteiger partial charge in [-0.25, -0.2) is 9.78 Å². The molecule has 2 aromatic heterocycles. The molecule has 6 rings (SSSR count). The Morgan fingerprint density at radius 2 is 1.77 bits per heavy atom. The van der Waals surface area contributed by atoms with Crippen LogP contribution in [0.2, 0.25) is 5.02 Å². The zero-order valence-electron chi connectivity index (χ0n) is 26.9. The molecule has 1 aliphatic carbocycles. The lowest BCUT2D eigenvalue weighted by molar-refractivity contribution is -0.155. The third-order valence-corrected chi connectivity index (χ3v) is 9.54. The normalized spacial score (nSPS) is 16.0. The van der Waals surface area contributed by atoms with Crippen molar-refractivity contribution in [3.8, 4) is 28.3 Å². The van der Waals surface area contributed by atoms with Crippen molar-refractivity contribution in [2.75, 3.05) is 32.1 Å². The molecule has 0 radical (unpaired) electrons. The summed E-state index contributed by atoms with van der Waals surface area (Å²) in [4.78, 5) is 57.3. The smallest absolute Gasteiger partial charge is 0.330 e. The molecule has 0 spiro atoms. The Morgan fingerprint density at radius 3 is 2.49 bits per heavy atom. The molecule has 0 saturated carbocycles. The topological polar surface area (TPSA) is 125 Å². The highest BCUT2D eigenvalue weighted by molar-refractivity contribution is 6.36. The van der Waals surface area contributed by atoms with Crippen LogP contribution in [0.4, 0.5) is 5.69 Å². The number of methoxy groups -OCH3 is 1. The molecule has 1 N–H and O–H groups in total. The van der Waals surface area contributed by atoms with Gasteiger partial charge < -0.3 is 19.4 Å². The van der Waals surface area contributed by atoms with Gasteiger partial charge in [-0.1, -0.05) is 41.9 Å². The molecule has 1 atom stereocenters. The highest BCUT2D eigenvalue weighted by Gasteiger charge is 2.42. The third kappa shape index (κ3) is 5.74. The number of pyridine rings is 1. The predicted molar refractivity (Wildman–Crippen MR) is 179 cm³/mol. The van der Waals surface area contributed by atoms with E-state index < -0.39 is 17.2 Å². The first-order chi connectivity index (χ1) is 22.5. The number of ether oxygens (including phenoxy) is 2. The summed E-state index contributed by atoms with van der Waals surface area (Å²) in [7, 11) is 4.43. The van der Waals surface area contributed by atoms with Gasteiger partial charge in [-0.15, -0.1) is 0 Å². The maximum atomic E-state index is 13.2. The van der Waals surface area contributed by atoms with Crippen LogP contribution in [-0.4, -0.2) is 57.7 Å². The molecular weight excluding hydrogens is 622 g/mol. The maximum Gasteiger partial charge on any atom is 0.330 e. The lowest BCUT2D eigenvalue weighted by atomic mass is 9.94. The van der Waals surface area contributed by atoms with Crippen molar-refractivity contribution in [3.05, 3.63) is 96.8 Å². The average Bonchev–Trinajstić information content (AvgIpc) is 3.45. The number of rotatable bonds is 8. The molecule has 1 amide bonds. The van der Waals surface area contributed by atoms with Crippen LogP contribution in [0.5, 0.6) is 5.88 Å². The highest BCUT2D eigenvalue weighted by atomic mass is 35.5. The summed E-state index contributed by atoms with van der Waals surface area (Å²) in [5.41, 5.74) is 5.08. The molecule has 11 nitrogen and oxygen atoms in total. The average molecular weight is 658 g/mol. The molecule has 47 heavy (non-hydrogen) atoms. The Kier molecular flexibility index (Phi) is 8.78. The molecule has 0 bridgehead atoms. The Morgan fingerprint density at radius 1 is 1.06 bits per heavy atom. The van der Waals surface area contributed by atoms with Gasteiger partial charge in [0.2, 0.25) is 5.88 Å². The quantitative estimate of drug-likeness (QED) is 0.275. The molecule has 12 heteroatoms. The van der Waals surface area contributed by atoms with E-state index in [9.17, 15) is 19.2 Å². The minimum atomic E-state index is -0.676. The number of aryl methyl sites for hydroxylation is 2. The van der Waals surface area contributed by atoms with Crippen LogP contribution in [0, 0.1) is 12.8 Å². The number of likely N-dealkylation sites (tertiary alicyclic amines) is 1. The summed E-state index contributed by atoms with van der Waals surface area (Å²) in [5, 5.41) is 3.32. The number of carbonyl (C=O) groups excluding carboxylic acids is 2. The van der Waals surface area contributed by atoms with E-state index in [0.717, 1.165) is 50.8 Å². The van der Waals surface area contributed by atoms with Gasteiger partial charge in [0.1, 0.15) is 5.56 Å². The van der Waals surface area contributed by atoms with E-state index >= 15 is 0 Å². The van der Waals surface area contributed by atoms with Gasteiger partial charge in [-0.3, -0.25) is 23.9 Å². The second-order valence-electron chi connectivity index (χ2n) is 11.9. The van der Waals surface area contributed by atoms with Crippen LogP contribution in [-0.2, 0) is 30.0 Å². The molecule has 2 aliphatic rings. The van der Waals surface area contributed by atoms with Crippen molar-refractivity contribution in [1.82, 2.24) is 19.0 Å². The van der Waals surface area contributed by atoms with Crippen molar-refractivity contribution < 1.29 is 19.1 Å². The first kappa shape index (κ1) is 32.2. The van der Waals surface area contributed by atoms with Crippen molar-refractivity contribution in [3.63, 3.8) is 0 Å². The molecule has 3 heterocycles. The number of amides is 1. The number of hydrogen-bond donors (Lipinski definition) is 1. The van der Waals surface area contributed by atoms with E-state index in [1.54, 1.807) is 19.2 Å². The fourth-order valence-corrected chi connectivity index (χ4v) is 6.90. The number of benzene rings is 2. The van der Waals surface area contributed by atoms with Crippen LogP contribution in [0.3, 0.4) is 0 Å². The molecule has 1 fully saturated rings. The minimum absolute atomic E-state index is 0.102. The SMILES string of the molecule is CCOC(=O)C1CN(C2CCc3cc(-c4cccc(-c5cccc(NC(=O)c6cn(C)c(=O)n(C)c6=O)c5C)c4Cl)nc(OC)c32)C1. The van der Waals surface area contributed by atoms with Gasteiger partial charge >= 0.3 is 11.7 Å². The molecule has 1 aliphatic heterocycles. The number of nitrogens with zero attached hydrogens (tertiary/aromatic N) is 4. The van der Waals surface area contributed by atoms with E-state index in [2.05, 4.69) is 16.3 Å². The number of hydrogen-bond acceptors (Lipinski definition) is 8. The number of esters is 1. The number of halogens is 1. The van der Waals surface area contributed by atoms with Crippen molar-refractivity contribution in [2.45, 2.75) is 32.7 Å². The summed E-state index contributed by atoms with van der Waals surface area (Å²) in [6.07, 6.45) is 3.00. The van der Waals surface area contributed by atoms with Crippen LogP contribution in [0.25, 0.3) is 22.4 Å². The molecule has 1 unspecified atom stereocenters. The van der Waals surface area contributed by atoms with Crippen LogP contribution in [0.1, 0.15) is 46.4 Å². The summed E-state index contributed by atoms with van der Waals surface area (Å²) in [5.74, 6) is -0.319. The molecule has 244 valence electrons. The zero-order chi connectivity index (χ0) is 33.6. The fraction of sp³-hybridized carbons (Fsp3) is 0.343. The number of nitrogens with one attached hydrogen (secondary N) is 1. The standard InChI is InChI=1S/C35H36ClN5O6/c1-6-47-34(44)21-16-41(17-21)28-14-13-20-15-27(38-32(46-5)29(20)28)24-11-7-10-23(30(24)36)22-9-8-12-26(19(22)2)37-31(42)25-18-39(3)35(45)40(4)33(25)43/h7-12,15,18,21,28H,6,13-14,16-17H2,1-5H3,(H,37,42). The summed E-state index contributed by atoms with van der Waals surface area (Å²) in [6.45, 7) is 5.38. The Balaban J connectivity index is 1.29. The summed E-state index contributed by atoms with van der Waals surface area (Å²) >= 11 is 7.11. The lowest BCUT2D eigenvalue weighted by Gasteiger charge is -2.42. The Labute approximate surface area is 276 Å². The third-order valence-electron chi connectivity index (χ3n) is 9.13. The summed E-state index contributed by atoms with van der Waals surface area (Å²) in [6, 6.07) is 13.4. The first-order valence-corrected chi connectivity index (χ1v) is 15.9. The van der Waals surface area contributed by atoms with Crippen molar-refractivity contribution >= 4 is 29.2 Å². The second-order valence-corrected chi connectivity index (χ2v) is 12.3. The van der Waals surface area contributed by atoms with E-state index in [1.807, 2.05) is 38.1 Å². The minimum Gasteiger partial charge on any atom is -0.481 e. The van der Waals surface area contributed by atoms with Crippen molar-refractivity contribution in [2.24, 2.45) is 20.0 Å². The lowest BCUT2D eigenvalue weighted by Crippen LogP contribution is -2.51. The first-order valence-electron chi connectivity index (χ1n) is 15.5. The van der Waals surface area contributed by atoms with E-state index in [4.69, 9.17) is 26.1 Å². The van der Waals surface area contributed by atoms with Crippen LogP contribution < -0.4 is 21.3 Å². The molecule has 4 aromatic rings. The van der Waals surface area contributed by atoms with Gasteiger partial charge in [0, 0.05) is 61.8 Å². The zero-order valence-corrected chi connectivity index (χ0v) is 27.7. The van der Waals surface area contributed by atoms with E-state index in [-0.39, 0.29) is 23.5 Å². The van der Waals surface area contributed by atoms with Crippen LogP contribution in [0.15, 0.2) is 58.3 Å². The van der Waals surface area contributed by atoms with Gasteiger partial charge in [-0.05, 0) is 55.5 Å². The maximum absolute atomic E-state index is 13.2. The van der Waals surface area contributed by atoms with E-state index in [0.29, 0.717) is 42.0 Å². The highest BCUT2D eigenvalue weighted by Crippen LogP contribution is 2.46. The predicted octanol–water partition coefficient (Wildman–Crippen LogP) is 4.52. The fourth-order valence-electron chi connectivity index (χ4n) is 6.57. The van der Waals surface area contributed by atoms with E-state index in [1.165, 1.54) is 24.9 Å². The largest absolute Gasteiger partial charge is 0.481 e. The summed E-state index contributed by atoms with van der Waals surface area (Å²) < 4.78 is 13.1. The Bertz CT molecular complexity index is 2030. The number of anilines is 1. The number of carbonyl (C=O) groups is 2. The van der Waals surface area contributed by atoms with Gasteiger partial charge in [0.05, 0.1) is 30.4 Å².